The lowest BCUT2D eigenvalue weighted by atomic mass is 10.1. The fourth-order valence-corrected chi connectivity index (χ4v) is 3.17. The van der Waals surface area contributed by atoms with Crippen LogP contribution in [0.25, 0.3) is 11.4 Å². The average molecular weight is 302 g/mol. The van der Waals surface area contributed by atoms with Crippen LogP contribution >= 0.6 is 23.1 Å². The lowest BCUT2D eigenvalue weighted by molar-refractivity contribution is 0.972. The lowest BCUT2D eigenvalue weighted by Crippen LogP contribution is -1.83. The van der Waals surface area contributed by atoms with Crippen molar-refractivity contribution in [1.29, 1.82) is 0 Å². The van der Waals surface area contributed by atoms with Crippen LogP contribution in [-0.2, 0) is 5.75 Å². The standard InChI is InChI=1S/C14H14N4S2/c1-9-3-5-11(6-4-9)13-16-14(18-17-13)20-8-12-7-19-10(2)15-12/h3-7H,8H2,1-2H3,(H,16,17,18). The fraction of sp³-hybridized carbons (Fsp3) is 0.214. The molecule has 1 N–H and O–H groups in total. The molecule has 0 spiro atoms. The SMILES string of the molecule is Cc1ccc(-c2nc(SCc3csc(C)n3)n[nH]2)cc1. The summed E-state index contributed by atoms with van der Waals surface area (Å²) in [5, 5.41) is 11.2. The van der Waals surface area contributed by atoms with Crippen molar-refractivity contribution < 1.29 is 0 Å². The second kappa shape index (κ2) is 5.76. The van der Waals surface area contributed by atoms with Gasteiger partial charge in [0.15, 0.2) is 5.82 Å². The van der Waals surface area contributed by atoms with Crippen molar-refractivity contribution in [1.82, 2.24) is 20.2 Å². The van der Waals surface area contributed by atoms with Crippen LogP contribution in [0.3, 0.4) is 0 Å². The molecule has 0 bridgehead atoms. The molecule has 6 heteroatoms. The molecule has 3 rings (SSSR count). The number of H-pyrrole nitrogens is 1. The van der Waals surface area contributed by atoms with Crippen LogP contribution in [0, 0.1) is 13.8 Å². The molecule has 0 unspecified atom stereocenters. The Labute approximate surface area is 125 Å². The van der Waals surface area contributed by atoms with Gasteiger partial charge >= 0.3 is 0 Å². The molecular formula is C14H14N4S2. The highest BCUT2D eigenvalue weighted by Crippen LogP contribution is 2.23. The van der Waals surface area contributed by atoms with E-state index in [2.05, 4.69) is 44.6 Å². The van der Waals surface area contributed by atoms with Crippen molar-refractivity contribution in [2.24, 2.45) is 0 Å². The number of aromatic nitrogens is 4. The molecule has 0 amide bonds. The molecule has 2 aromatic heterocycles. The van der Waals surface area contributed by atoms with Crippen LogP contribution in [0.15, 0.2) is 34.8 Å². The van der Waals surface area contributed by atoms with E-state index in [1.807, 2.05) is 19.1 Å². The van der Waals surface area contributed by atoms with Gasteiger partial charge in [0, 0.05) is 16.7 Å². The number of benzene rings is 1. The lowest BCUT2D eigenvalue weighted by Gasteiger charge is -1.96. The van der Waals surface area contributed by atoms with Crippen molar-refractivity contribution in [2.75, 3.05) is 0 Å². The topological polar surface area (TPSA) is 54.5 Å². The fourth-order valence-electron chi connectivity index (χ4n) is 1.76. The van der Waals surface area contributed by atoms with Crippen molar-refractivity contribution in [3.8, 4) is 11.4 Å². The van der Waals surface area contributed by atoms with Crippen molar-refractivity contribution in [3.63, 3.8) is 0 Å². The minimum Gasteiger partial charge on any atom is -0.258 e. The third-order valence-electron chi connectivity index (χ3n) is 2.81. The number of hydrogen-bond acceptors (Lipinski definition) is 5. The molecule has 3 aromatic rings. The number of nitrogens with one attached hydrogen (secondary N) is 1. The third kappa shape index (κ3) is 3.08. The number of aromatic amines is 1. The predicted octanol–water partition coefficient (Wildman–Crippen LogP) is 3.84. The second-order valence-corrected chi connectivity index (χ2v) is 6.48. The molecule has 0 aliphatic carbocycles. The molecule has 4 nitrogen and oxygen atoms in total. The van der Waals surface area contributed by atoms with Gasteiger partial charge in [-0.25, -0.2) is 9.97 Å². The van der Waals surface area contributed by atoms with Gasteiger partial charge < -0.3 is 0 Å². The number of thiazole rings is 1. The Kier molecular flexibility index (Phi) is 3.84. The van der Waals surface area contributed by atoms with Gasteiger partial charge in [-0.1, -0.05) is 41.6 Å². The Morgan fingerprint density at radius 1 is 1.15 bits per heavy atom. The average Bonchev–Trinajstić information content (AvgIpc) is 3.06. The minimum atomic E-state index is 0.756. The Balaban J connectivity index is 1.69. The maximum Gasteiger partial charge on any atom is 0.209 e. The Morgan fingerprint density at radius 2 is 1.95 bits per heavy atom. The summed E-state index contributed by atoms with van der Waals surface area (Å²) in [5.41, 5.74) is 3.38. The molecular weight excluding hydrogens is 288 g/mol. The van der Waals surface area contributed by atoms with E-state index in [4.69, 9.17) is 0 Å². The first-order valence-corrected chi connectivity index (χ1v) is 8.10. The van der Waals surface area contributed by atoms with Gasteiger partial charge in [0.2, 0.25) is 5.16 Å². The zero-order chi connectivity index (χ0) is 13.9. The second-order valence-electron chi connectivity index (χ2n) is 4.48. The van der Waals surface area contributed by atoms with Crippen LogP contribution in [0.4, 0.5) is 0 Å². The van der Waals surface area contributed by atoms with Crippen molar-refractivity contribution in [2.45, 2.75) is 24.8 Å². The monoisotopic (exact) mass is 302 g/mol. The maximum absolute atomic E-state index is 4.50. The molecule has 102 valence electrons. The Hall–Kier alpha value is -1.66. The smallest absolute Gasteiger partial charge is 0.209 e. The number of hydrogen-bond donors (Lipinski definition) is 1. The molecule has 1 aromatic carbocycles. The van der Waals surface area contributed by atoms with Crippen molar-refractivity contribution >= 4 is 23.1 Å². The van der Waals surface area contributed by atoms with Crippen LogP contribution < -0.4 is 0 Å². The Bertz CT molecular complexity index is 700. The van der Waals surface area contributed by atoms with E-state index in [1.54, 1.807) is 23.1 Å². The van der Waals surface area contributed by atoms with Gasteiger partial charge in [-0.3, -0.25) is 5.10 Å². The summed E-state index contributed by atoms with van der Waals surface area (Å²) in [5.74, 6) is 1.61. The molecule has 0 aliphatic heterocycles. The van der Waals surface area contributed by atoms with Gasteiger partial charge in [-0.05, 0) is 13.8 Å². The highest BCUT2D eigenvalue weighted by molar-refractivity contribution is 7.98. The summed E-state index contributed by atoms with van der Waals surface area (Å²) in [4.78, 5) is 8.94. The van der Waals surface area contributed by atoms with Crippen LogP contribution in [0.5, 0.6) is 0 Å². The van der Waals surface area contributed by atoms with E-state index in [-0.39, 0.29) is 0 Å². The maximum atomic E-state index is 4.50. The van der Waals surface area contributed by atoms with E-state index < -0.39 is 0 Å². The van der Waals surface area contributed by atoms with E-state index in [0.717, 1.165) is 33.0 Å². The van der Waals surface area contributed by atoms with Gasteiger partial charge in [-0.2, -0.15) is 0 Å². The summed E-state index contributed by atoms with van der Waals surface area (Å²) in [6.07, 6.45) is 0. The van der Waals surface area contributed by atoms with E-state index in [1.165, 1.54) is 5.56 Å². The highest BCUT2D eigenvalue weighted by atomic mass is 32.2. The molecule has 0 fully saturated rings. The van der Waals surface area contributed by atoms with Crippen LogP contribution in [0.1, 0.15) is 16.3 Å². The summed E-state index contributed by atoms with van der Waals surface area (Å²) in [6, 6.07) is 8.24. The van der Waals surface area contributed by atoms with Crippen LogP contribution in [-0.4, -0.2) is 20.2 Å². The number of aryl methyl sites for hydroxylation is 2. The van der Waals surface area contributed by atoms with E-state index >= 15 is 0 Å². The molecule has 2 heterocycles. The van der Waals surface area contributed by atoms with Crippen molar-refractivity contribution in [3.05, 3.63) is 45.9 Å². The molecule has 0 radical (unpaired) electrons. The molecule has 0 saturated carbocycles. The zero-order valence-corrected chi connectivity index (χ0v) is 12.9. The summed E-state index contributed by atoms with van der Waals surface area (Å²) >= 11 is 3.27. The first-order chi connectivity index (χ1) is 9.70. The normalized spacial score (nSPS) is 10.9. The summed E-state index contributed by atoms with van der Waals surface area (Å²) < 4.78 is 0. The third-order valence-corrected chi connectivity index (χ3v) is 4.51. The molecule has 0 atom stereocenters. The highest BCUT2D eigenvalue weighted by Gasteiger charge is 2.07. The largest absolute Gasteiger partial charge is 0.258 e. The van der Waals surface area contributed by atoms with Gasteiger partial charge in [0.1, 0.15) is 0 Å². The number of rotatable bonds is 4. The molecule has 0 saturated heterocycles. The minimum absolute atomic E-state index is 0.756. The molecule has 20 heavy (non-hydrogen) atoms. The first kappa shape index (κ1) is 13.3. The quantitative estimate of drug-likeness (QED) is 0.744. The molecule has 0 aliphatic rings. The number of thioether (sulfide) groups is 1. The van der Waals surface area contributed by atoms with E-state index in [9.17, 15) is 0 Å². The van der Waals surface area contributed by atoms with Gasteiger partial charge in [-0.15, -0.1) is 16.4 Å². The number of nitrogens with zero attached hydrogens (tertiary/aromatic N) is 3. The predicted molar refractivity (Wildman–Crippen MR) is 83.0 cm³/mol. The zero-order valence-electron chi connectivity index (χ0n) is 11.3. The van der Waals surface area contributed by atoms with Gasteiger partial charge in [0.25, 0.3) is 0 Å². The Morgan fingerprint density at radius 3 is 2.65 bits per heavy atom. The van der Waals surface area contributed by atoms with E-state index in [0.29, 0.717) is 0 Å². The first-order valence-electron chi connectivity index (χ1n) is 6.24. The summed E-state index contributed by atoms with van der Waals surface area (Å²) in [6.45, 7) is 4.09. The summed E-state index contributed by atoms with van der Waals surface area (Å²) in [7, 11) is 0. The van der Waals surface area contributed by atoms with Crippen LogP contribution in [0.2, 0.25) is 0 Å². The van der Waals surface area contributed by atoms with Gasteiger partial charge in [0.05, 0.1) is 10.7 Å².